The highest BCUT2D eigenvalue weighted by Gasteiger charge is 2.25. The second kappa shape index (κ2) is 8.10. The molecule has 0 fully saturated rings. The molecule has 7 heteroatoms. The third-order valence-electron chi connectivity index (χ3n) is 4.54. The van der Waals surface area contributed by atoms with Gasteiger partial charge < -0.3 is 9.64 Å². The first-order valence-electron chi connectivity index (χ1n) is 9.09. The van der Waals surface area contributed by atoms with E-state index in [1.54, 1.807) is 23.1 Å². The maximum atomic E-state index is 12.7. The third kappa shape index (κ3) is 4.31. The van der Waals surface area contributed by atoms with Crippen molar-refractivity contribution in [3.8, 4) is 5.75 Å². The molecular weight excluding hydrogens is 364 g/mol. The Labute approximate surface area is 160 Å². The topological polar surface area (TPSA) is 75.7 Å². The van der Waals surface area contributed by atoms with E-state index in [1.165, 1.54) is 0 Å². The standard InChI is InChI=1S/C20H24N2O4S/c1-3-20(23)22-11-10-16-13-18(8-9-19(16)22)27(24,25)21-14-15-6-5-7-17(12-15)26-4-2/h5-9,12-13,21H,3-4,10-11,14H2,1-2H3. The van der Waals surface area contributed by atoms with E-state index < -0.39 is 10.0 Å². The summed E-state index contributed by atoms with van der Waals surface area (Å²) < 4.78 is 33.4. The number of nitrogens with zero attached hydrogens (tertiary/aromatic N) is 1. The fourth-order valence-electron chi connectivity index (χ4n) is 3.17. The molecule has 27 heavy (non-hydrogen) atoms. The van der Waals surface area contributed by atoms with Gasteiger partial charge in [0.05, 0.1) is 11.5 Å². The van der Waals surface area contributed by atoms with Gasteiger partial charge in [0.1, 0.15) is 5.75 Å². The highest BCUT2D eigenvalue weighted by atomic mass is 32.2. The summed E-state index contributed by atoms with van der Waals surface area (Å²) in [6.07, 6.45) is 1.10. The predicted molar refractivity (Wildman–Crippen MR) is 104 cm³/mol. The number of benzene rings is 2. The number of nitrogens with one attached hydrogen (secondary N) is 1. The Morgan fingerprint density at radius 1 is 1.19 bits per heavy atom. The van der Waals surface area contributed by atoms with Gasteiger partial charge in [-0.3, -0.25) is 4.79 Å². The van der Waals surface area contributed by atoms with Crippen LogP contribution in [-0.4, -0.2) is 27.5 Å². The van der Waals surface area contributed by atoms with E-state index in [4.69, 9.17) is 4.74 Å². The molecule has 0 spiro atoms. The monoisotopic (exact) mass is 388 g/mol. The molecule has 0 bridgehead atoms. The van der Waals surface area contributed by atoms with Gasteiger partial charge in [0, 0.05) is 25.2 Å². The van der Waals surface area contributed by atoms with E-state index in [1.807, 2.05) is 38.1 Å². The van der Waals surface area contributed by atoms with Crippen molar-refractivity contribution >= 4 is 21.6 Å². The fraction of sp³-hybridized carbons (Fsp3) is 0.350. The van der Waals surface area contributed by atoms with Crippen molar-refractivity contribution in [1.82, 2.24) is 4.72 Å². The number of sulfonamides is 1. The number of ether oxygens (including phenoxy) is 1. The minimum atomic E-state index is -3.64. The summed E-state index contributed by atoms with van der Waals surface area (Å²) in [5.74, 6) is 0.768. The smallest absolute Gasteiger partial charge is 0.240 e. The SMILES string of the molecule is CCOc1cccc(CNS(=O)(=O)c2ccc3c(c2)CCN3C(=O)CC)c1. The van der Waals surface area contributed by atoms with Crippen LogP contribution in [0.2, 0.25) is 0 Å². The van der Waals surface area contributed by atoms with Crippen LogP contribution in [0.4, 0.5) is 5.69 Å². The Morgan fingerprint density at radius 2 is 2.00 bits per heavy atom. The van der Waals surface area contributed by atoms with E-state index in [0.29, 0.717) is 31.7 Å². The number of rotatable bonds is 7. The Bertz CT molecular complexity index is 941. The van der Waals surface area contributed by atoms with E-state index >= 15 is 0 Å². The van der Waals surface area contributed by atoms with Crippen molar-refractivity contribution in [2.24, 2.45) is 0 Å². The summed E-state index contributed by atoms with van der Waals surface area (Å²) in [5.41, 5.74) is 2.52. The zero-order valence-electron chi connectivity index (χ0n) is 15.6. The molecule has 0 aromatic heterocycles. The van der Waals surface area contributed by atoms with Gasteiger partial charge in [-0.05, 0) is 54.8 Å². The molecule has 144 valence electrons. The first-order valence-corrected chi connectivity index (χ1v) is 10.6. The second-order valence-corrected chi connectivity index (χ2v) is 8.11. The number of hydrogen-bond acceptors (Lipinski definition) is 4. The first kappa shape index (κ1) is 19.4. The highest BCUT2D eigenvalue weighted by molar-refractivity contribution is 7.89. The summed E-state index contributed by atoms with van der Waals surface area (Å²) >= 11 is 0. The number of carbonyl (C=O) groups excluding carboxylic acids is 1. The predicted octanol–water partition coefficient (Wildman–Crippen LogP) is 2.86. The molecule has 2 aromatic rings. The molecule has 1 amide bonds. The largest absolute Gasteiger partial charge is 0.494 e. The van der Waals surface area contributed by atoms with Gasteiger partial charge >= 0.3 is 0 Å². The van der Waals surface area contributed by atoms with Crippen LogP contribution >= 0.6 is 0 Å². The Morgan fingerprint density at radius 3 is 2.74 bits per heavy atom. The van der Waals surface area contributed by atoms with E-state index in [2.05, 4.69) is 4.72 Å². The number of fused-ring (bicyclic) bond motifs is 1. The van der Waals surface area contributed by atoms with Crippen molar-refractivity contribution < 1.29 is 17.9 Å². The number of amides is 1. The zero-order valence-corrected chi connectivity index (χ0v) is 16.4. The van der Waals surface area contributed by atoms with Gasteiger partial charge in [0.15, 0.2) is 0 Å². The van der Waals surface area contributed by atoms with Gasteiger partial charge in [0.25, 0.3) is 0 Å². The zero-order chi connectivity index (χ0) is 19.4. The molecule has 0 atom stereocenters. The molecule has 0 unspecified atom stereocenters. The van der Waals surface area contributed by atoms with Crippen molar-refractivity contribution in [3.05, 3.63) is 53.6 Å². The van der Waals surface area contributed by atoms with Gasteiger partial charge in [0.2, 0.25) is 15.9 Å². The van der Waals surface area contributed by atoms with Gasteiger partial charge in [-0.1, -0.05) is 19.1 Å². The number of hydrogen-bond donors (Lipinski definition) is 1. The van der Waals surface area contributed by atoms with Crippen LogP contribution < -0.4 is 14.4 Å². The Kier molecular flexibility index (Phi) is 5.82. The van der Waals surface area contributed by atoms with Crippen LogP contribution in [0.25, 0.3) is 0 Å². The van der Waals surface area contributed by atoms with Gasteiger partial charge in [-0.25, -0.2) is 13.1 Å². The molecule has 0 aliphatic carbocycles. The molecule has 1 aliphatic heterocycles. The van der Waals surface area contributed by atoms with Crippen LogP contribution in [0.1, 0.15) is 31.4 Å². The van der Waals surface area contributed by atoms with E-state index in [9.17, 15) is 13.2 Å². The number of carbonyl (C=O) groups is 1. The quantitative estimate of drug-likeness (QED) is 0.791. The van der Waals surface area contributed by atoms with Gasteiger partial charge in [-0.15, -0.1) is 0 Å². The third-order valence-corrected chi connectivity index (χ3v) is 5.93. The highest BCUT2D eigenvalue weighted by Crippen LogP contribution is 2.30. The average Bonchev–Trinajstić information content (AvgIpc) is 3.10. The molecule has 1 heterocycles. The van der Waals surface area contributed by atoms with Crippen molar-refractivity contribution in [1.29, 1.82) is 0 Å². The minimum absolute atomic E-state index is 0.0525. The molecule has 1 N–H and O–H groups in total. The van der Waals surface area contributed by atoms with E-state index in [-0.39, 0.29) is 17.3 Å². The van der Waals surface area contributed by atoms with Crippen LogP contribution in [0.3, 0.4) is 0 Å². The fourth-order valence-corrected chi connectivity index (χ4v) is 4.24. The lowest BCUT2D eigenvalue weighted by Crippen LogP contribution is -2.27. The molecule has 0 saturated heterocycles. The van der Waals surface area contributed by atoms with Crippen LogP contribution in [0, 0.1) is 0 Å². The maximum absolute atomic E-state index is 12.7. The van der Waals surface area contributed by atoms with Crippen LogP contribution in [0.5, 0.6) is 5.75 Å². The summed E-state index contributed by atoms with van der Waals surface area (Å²) in [5, 5.41) is 0. The van der Waals surface area contributed by atoms with E-state index in [0.717, 1.165) is 16.8 Å². The first-order chi connectivity index (χ1) is 12.9. The van der Waals surface area contributed by atoms with Crippen LogP contribution in [-0.2, 0) is 27.8 Å². The van der Waals surface area contributed by atoms with Gasteiger partial charge in [-0.2, -0.15) is 0 Å². The molecule has 3 rings (SSSR count). The number of anilines is 1. The molecule has 0 radical (unpaired) electrons. The lowest BCUT2D eigenvalue weighted by Gasteiger charge is -2.16. The van der Waals surface area contributed by atoms with Crippen molar-refractivity contribution in [3.63, 3.8) is 0 Å². The Hall–Kier alpha value is -2.38. The molecular formula is C20H24N2O4S. The Balaban J connectivity index is 1.74. The summed E-state index contributed by atoms with van der Waals surface area (Å²) in [4.78, 5) is 13.9. The average molecular weight is 388 g/mol. The molecule has 6 nitrogen and oxygen atoms in total. The second-order valence-electron chi connectivity index (χ2n) is 6.34. The molecule has 1 aliphatic rings. The summed E-state index contributed by atoms with van der Waals surface area (Å²) in [7, 11) is -3.64. The molecule has 0 saturated carbocycles. The van der Waals surface area contributed by atoms with Crippen molar-refractivity contribution in [2.75, 3.05) is 18.1 Å². The van der Waals surface area contributed by atoms with Crippen molar-refractivity contribution in [2.45, 2.75) is 38.1 Å². The summed E-state index contributed by atoms with van der Waals surface area (Å²) in [6.45, 7) is 5.06. The van der Waals surface area contributed by atoms with Crippen LogP contribution in [0.15, 0.2) is 47.4 Å². The minimum Gasteiger partial charge on any atom is -0.494 e. The lowest BCUT2D eigenvalue weighted by atomic mass is 10.2. The lowest BCUT2D eigenvalue weighted by molar-refractivity contribution is -0.118. The normalized spacial score (nSPS) is 13.5. The molecule has 2 aromatic carbocycles. The summed E-state index contributed by atoms with van der Waals surface area (Å²) in [6, 6.07) is 12.3. The maximum Gasteiger partial charge on any atom is 0.240 e.